The molecule has 1 fully saturated rings. The zero-order valence-electron chi connectivity index (χ0n) is 11.0. The largest absolute Gasteiger partial charge is 0.299 e. The molecule has 0 bridgehead atoms. The van der Waals surface area contributed by atoms with Gasteiger partial charge in [0.1, 0.15) is 8.80 Å². The first-order valence-electron chi connectivity index (χ1n) is 6.26. The lowest BCUT2D eigenvalue weighted by atomic mass is 10.1. The molecule has 0 saturated heterocycles. The molecule has 0 amide bonds. The van der Waals surface area contributed by atoms with Gasteiger partial charge in [0.2, 0.25) is 0 Å². The van der Waals surface area contributed by atoms with Crippen LogP contribution in [0.3, 0.4) is 0 Å². The summed E-state index contributed by atoms with van der Waals surface area (Å²) in [6.45, 7) is 5.50. The number of rotatable bonds is 3. The molecule has 2 heteroatoms. The van der Waals surface area contributed by atoms with Crippen LogP contribution in [-0.4, -0.2) is 26.8 Å². The highest BCUT2D eigenvalue weighted by atomic mass is 28.3. The van der Waals surface area contributed by atoms with Crippen LogP contribution in [0, 0.1) is 11.5 Å². The lowest BCUT2D eigenvalue weighted by molar-refractivity contribution is 0.316. The van der Waals surface area contributed by atoms with Crippen molar-refractivity contribution in [1.29, 1.82) is 0 Å². The Kier molecular flexibility index (Phi) is 4.04. The molecule has 0 aromatic heterocycles. The topological polar surface area (TPSA) is 3.24 Å². The van der Waals surface area contributed by atoms with E-state index in [9.17, 15) is 0 Å². The van der Waals surface area contributed by atoms with E-state index in [1.807, 2.05) is 0 Å². The van der Waals surface area contributed by atoms with Gasteiger partial charge in [-0.3, -0.25) is 4.90 Å². The summed E-state index contributed by atoms with van der Waals surface area (Å²) in [5.41, 5.74) is 5.86. The van der Waals surface area contributed by atoms with E-state index in [4.69, 9.17) is 0 Å². The van der Waals surface area contributed by atoms with Crippen LogP contribution in [0.15, 0.2) is 24.3 Å². The van der Waals surface area contributed by atoms with E-state index >= 15 is 0 Å². The van der Waals surface area contributed by atoms with Crippen molar-refractivity contribution in [2.75, 3.05) is 7.05 Å². The Morgan fingerprint density at radius 2 is 2.12 bits per heavy atom. The second kappa shape index (κ2) is 5.53. The summed E-state index contributed by atoms with van der Waals surface area (Å²) in [7, 11) is 1.78. The molecule has 2 rings (SSSR count). The van der Waals surface area contributed by atoms with Gasteiger partial charge in [0, 0.05) is 18.2 Å². The molecule has 0 aliphatic heterocycles. The van der Waals surface area contributed by atoms with Gasteiger partial charge in [-0.2, -0.15) is 0 Å². The van der Waals surface area contributed by atoms with Crippen molar-refractivity contribution < 1.29 is 0 Å². The number of hydrogen-bond acceptors (Lipinski definition) is 1. The van der Waals surface area contributed by atoms with E-state index in [0.717, 1.165) is 18.2 Å². The summed E-state index contributed by atoms with van der Waals surface area (Å²) in [4.78, 5) is 2.45. The van der Waals surface area contributed by atoms with Crippen molar-refractivity contribution in [1.82, 2.24) is 4.90 Å². The fraction of sp³-hybridized carbons (Fsp3) is 0.467. The Bertz CT molecular complexity index is 438. The van der Waals surface area contributed by atoms with Crippen LogP contribution in [0.5, 0.6) is 0 Å². The highest BCUT2D eigenvalue weighted by molar-refractivity contribution is 6.64. The summed E-state index contributed by atoms with van der Waals surface area (Å²) in [6, 6.07) is 9.49. The van der Waals surface area contributed by atoms with Gasteiger partial charge >= 0.3 is 0 Å². The van der Waals surface area contributed by atoms with Gasteiger partial charge in [-0.15, -0.1) is 5.54 Å². The zero-order valence-corrected chi connectivity index (χ0v) is 12.0. The average Bonchev–Trinajstić information content (AvgIpc) is 3.10. The van der Waals surface area contributed by atoms with Gasteiger partial charge in [0.05, 0.1) is 0 Å². The molecular weight excluding hydrogens is 222 g/mol. The molecule has 89 valence electrons. The minimum Gasteiger partial charge on any atom is -0.299 e. The third kappa shape index (κ3) is 4.03. The highest BCUT2D eigenvalue weighted by Crippen LogP contribution is 2.26. The summed E-state index contributed by atoms with van der Waals surface area (Å²) in [5, 5.41) is 0. The first-order valence-corrected chi connectivity index (χ1v) is 8.76. The maximum absolute atomic E-state index is 3.32. The summed E-state index contributed by atoms with van der Waals surface area (Å²) >= 11 is 0. The molecule has 0 unspecified atom stereocenters. The van der Waals surface area contributed by atoms with Crippen LogP contribution in [0.25, 0.3) is 0 Å². The first kappa shape index (κ1) is 12.4. The first-order chi connectivity index (χ1) is 8.15. The Labute approximate surface area is 106 Å². The average molecular weight is 242 g/mol. The van der Waals surface area contributed by atoms with Crippen molar-refractivity contribution in [3.8, 4) is 11.5 Å². The van der Waals surface area contributed by atoms with E-state index in [-0.39, 0.29) is 0 Å². The van der Waals surface area contributed by atoms with Gasteiger partial charge in [0.15, 0.2) is 0 Å². The quantitative estimate of drug-likeness (QED) is 0.582. The standard InChI is InChI=1S/C15H20NSi/c1-16(15-7-8-15)12-14-6-4-5-13(11-14)9-10-17(2)3/h4-6,11,15H,7-8,12H2,1-3H3. The summed E-state index contributed by atoms with van der Waals surface area (Å²) in [5.74, 6) is 3.28. The molecule has 1 aromatic rings. The lowest BCUT2D eigenvalue weighted by Crippen LogP contribution is -2.19. The molecule has 0 heterocycles. The molecule has 1 saturated carbocycles. The van der Waals surface area contributed by atoms with Gasteiger partial charge in [0.25, 0.3) is 0 Å². The summed E-state index contributed by atoms with van der Waals surface area (Å²) in [6.07, 6.45) is 2.74. The van der Waals surface area contributed by atoms with Crippen molar-refractivity contribution in [2.24, 2.45) is 0 Å². The van der Waals surface area contributed by atoms with Crippen LogP contribution >= 0.6 is 0 Å². The Morgan fingerprint density at radius 3 is 2.76 bits per heavy atom. The predicted molar refractivity (Wildman–Crippen MR) is 75.3 cm³/mol. The normalized spacial score (nSPS) is 14.9. The van der Waals surface area contributed by atoms with Gasteiger partial charge in [-0.1, -0.05) is 31.1 Å². The van der Waals surface area contributed by atoms with E-state index in [0.29, 0.717) is 0 Å². The van der Waals surface area contributed by atoms with Crippen LogP contribution in [0.2, 0.25) is 13.1 Å². The number of nitrogens with zero attached hydrogens (tertiary/aromatic N) is 1. The Morgan fingerprint density at radius 1 is 1.35 bits per heavy atom. The SMILES string of the molecule is CN(Cc1cccc(C#C[Si](C)C)c1)C1CC1. The minimum atomic E-state index is -0.442. The van der Waals surface area contributed by atoms with Crippen LogP contribution < -0.4 is 0 Å². The maximum atomic E-state index is 3.32. The lowest BCUT2D eigenvalue weighted by Gasteiger charge is -2.15. The number of benzene rings is 1. The molecule has 1 aliphatic rings. The van der Waals surface area contributed by atoms with Crippen molar-refractivity contribution in [2.45, 2.75) is 38.5 Å². The van der Waals surface area contributed by atoms with Crippen molar-refractivity contribution in [3.05, 3.63) is 35.4 Å². The zero-order chi connectivity index (χ0) is 12.3. The highest BCUT2D eigenvalue weighted by Gasteiger charge is 2.25. The van der Waals surface area contributed by atoms with Crippen LogP contribution in [0.4, 0.5) is 0 Å². The molecule has 0 N–H and O–H groups in total. The summed E-state index contributed by atoms with van der Waals surface area (Å²) < 4.78 is 0. The molecule has 1 aliphatic carbocycles. The second-order valence-corrected chi connectivity index (χ2v) is 7.35. The van der Waals surface area contributed by atoms with Crippen LogP contribution in [-0.2, 0) is 6.54 Å². The maximum Gasteiger partial charge on any atom is 0.138 e. The number of hydrogen-bond donors (Lipinski definition) is 0. The predicted octanol–water partition coefficient (Wildman–Crippen LogP) is 2.93. The van der Waals surface area contributed by atoms with Crippen LogP contribution in [0.1, 0.15) is 24.0 Å². The van der Waals surface area contributed by atoms with E-state index in [1.165, 1.54) is 18.4 Å². The van der Waals surface area contributed by atoms with E-state index in [2.05, 4.69) is 60.8 Å². The van der Waals surface area contributed by atoms with Crippen molar-refractivity contribution >= 4 is 8.80 Å². The van der Waals surface area contributed by atoms with Gasteiger partial charge in [-0.05, 0) is 37.6 Å². The Balaban J connectivity index is 2.03. The minimum absolute atomic E-state index is 0.442. The third-order valence-corrected chi connectivity index (χ3v) is 3.61. The molecule has 1 nitrogen and oxygen atoms in total. The van der Waals surface area contributed by atoms with Gasteiger partial charge < -0.3 is 0 Å². The third-order valence-electron chi connectivity index (χ3n) is 2.99. The Hall–Kier alpha value is -1.04. The smallest absolute Gasteiger partial charge is 0.138 e. The second-order valence-electron chi connectivity index (χ2n) is 5.10. The van der Waals surface area contributed by atoms with E-state index in [1.54, 1.807) is 0 Å². The van der Waals surface area contributed by atoms with Crippen molar-refractivity contribution in [3.63, 3.8) is 0 Å². The van der Waals surface area contributed by atoms with E-state index < -0.39 is 8.80 Å². The molecule has 0 spiro atoms. The fourth-order valence-electron chi connectivity index (χ4n) is 1.88. The molecule has 0 atom stereocenters. The monoisotopic (exact) mass is 242 g/mol. The molecule has 17 heavy (non-hydrogen) atoms. The fourth-order valence-corrected chi connectivity index (χ4v) is 2.27. The van der Waals surface area contributed by atoms with Gasteiger partial charge in [-0.25, -0.2) is 0 Å². The molecule has 1 radical (unpaired) electrons. The molecule has 1 aromatic carbocycles. The molecular formula is C15H20NSi.